The molecule has 1 aromatic heterocycles. The van der Waals surface area contributed by atoms with Gasteiger partial charge in [0, 0.05) is 12.2 Å². The van der Waals surface area contributed by atoms with Crippen molar-refractivity contribution in [1.82, 2.24) is 9.97 Å². The molecule has 0 saturated heterocycles. The highest BCUT2D eigenvalue weighted by molar-refractivity contribution is 5.57. The predicted octanol–water partition coefficient (Wildman–Crippen LogP) is 4.38. The Hall–Kier alpha value is -2.10. The Kier molecular flexibility index (Phi) is 6.00. The quantitative estimate of drug-likeness (QED) is 0.755. The van der Waals surface area contributed by atoms with Crippen LogP contribution in [0.25, 0.3) is 0 Å². The average molecular weight is 284 g/mol. The van der Waals surface area contributed by atoms with Crippen LogP contribution in [-0.4, -0.2) is 16.5 Å². The molecule has 0 aliphatic carbocycles. The van der Waals surface area contributed by atoms with Crippen molar-refractivity contribution in [2.24, 2.45) is 0 Å². The Morgan fingerprint density at radius 2 is 1.71 bits per heavy atom. The van der Waals surface area contributed by atoms with E-state index in [-0.39, 0.29) is 0 Å². The summed E-state index contributed by atoms with van der Waals surface area (Å²) >= 11 is 0. The minimum absolute atomic E-state index is 0.761. The molecule has 2 N–H and O–H groups in total. The molecule has 0 amide bonds. The predicted molar refractivity (Wildman–Crippen MR) is 89.1 cm³/mol. The first kappa shape index (κ1) is 15.3. The van der Waals surface area contributed by atoms with Crippen LogP contribution in [0.1, 0.15) is 38.7 Å². The fraction of sp³-hybridized carbons (Fsp3) is 0.412. The van der Waals surface area contributed by atoms with Gasteiger partial charge in [0.15, 0.2) is 5.82 Å². The molecule has 112 valence electrons. The molecule has 0 atom stereocenters. The summed E-state index contributed by atoms with van der Waals surface area (Å²) in [5.74, 6) is 1.57. The zero-order valence-electron chi connectivity index (χ0n) is 12.9. The third-order valence-electron chi connectivity index (χ3n) is 3.24. The third-order valence-corrected chi connectivity index (χ3v) is 3.24. The second kappa shape index (κ2) is 8.25. The molecule has 0 fully saturated rings. The van der Waals surface area contributed by atoms with Gasteiger partial charge in [0.05, 0.1) is 12.4 Å². The van der Waals surface area contributed by atoms with Crippen molar-refractivity contribution in [1.29, 1.82) is 0 Å². The van der Waals surface area contributed by atoms with Crippen molar-refractivity contribution < 1.29 is 0 Å². The van der Waals surface area contributed by atoms with E-state index in [2.05, 4.69) is 58.7 Å². The minimum Gasteiger partial charge on any atom is -0.369 e. The van der Waals surface area contributed by atoms with Crippen LogP contribution in [0.5, 0.6) is 0 Å². The van der Waals surface area contributed by atoms with Crippen LogP contribution < -0.4 is 10.6 Å². The summed E-state index contributed by atoms with van der Waals surface area (Å²) < 4.78 is 0. The Balaban J connectivity index is 1.97. The number of hydrogen-bond donors (Lipinski definition) is 2. The van der Waals surface area contributed by atoms with E-state index in [1.165, 1.54) is 18.4 Å². The van der Waals surface area contributed by atoms with Crippen molar-refractivity contribution in [3.05, 3.63) is 42.2 Å². The monoisotopic (exact) mass is 284 g/mol. The van der Waals surface area contributed by atoms with Crippen molar-refractivity contribution in [2.75, 3.05) is 17.2 Å². The zero-order chi connectivity index (χ0) is 14.9. The van der Waals surface area contributed by atoms with Gasteiger partial charge in [0.2, 0.25) is 0 Å². The summed E-state index contributed by atoms with van der Waals surface area (Å²) in [6.07, 6.45) is 8.17. The molecule has 0 radical (unpaired) electrons. The summed E-state index contributed by atoms with van der Waals surface area (Å²) in [6, 6.07) is 8.53. The lowest BCUT2D eigenvalue weighted by atomic mass is 10.1. The molecule has 0 aliphatic heterocycles. The highest BCUT2D eigenvalue weighted by Gasteiger charge is 2.00. The second-order valence-corrected chi connectivity index (χ2v) is 5.14. The molecular formula is C17H24N4. The molecule has 4 nitrogen and oxygen atoms in total. The van der Waals surface area contributed by atoms with E-state index in [0.717, 1.165) is 36.7 Å². The number of hydrogen-bond acceptors (Lipinski definition) is 4. The van der Waals surface area contributed by atoms with Crippen molar-refractivity contribution in [3.8, 4) is 0 Å². The third kappa shape index (κ3) is 5.06. The van der Waals surface area contributed by atoms with E-state index in [9.17, 15) is 0 Å². The van der Waals surface area contributed by atoms with Crippen LogP contribution in [0.2, 0.25) is 0 Å². The lowest BCUT2D eigenvalue weighted by molar-refractivity contribution is 0.795. The molecule has 0 aliphatic rings. The largest absolute Gasteiger partial charge is 0.369 e. The van der Waals surface area contributed by atoms with E-state index in [1.807, 2.05) is 0 Å². The zero-order valence-corrected chi connectivity index (χ0v) is 12.9. The Labute approximate surface area is 127 Å². The summed E-state index contributed by atoms with van der Waals surface area (Å²) in [5.41, 5.74) is 2.42. The maximum absolute atomic E-state index is 4.49. The van der Waals surface area contributed by atoms with Gasteiger partial charge in [-0.05, 0) is 37.0 Å². The fourth-order valence-electron chi connectivity index (χ4n) is 2.05. The summed E-state index contributed by atoms with van der Waals surface area (Å²) in [6.45, 7) is 5.25. The number of nitrogens with zero attached hydrogens (tertiary/aromatic N) is 2. The highest BCUT2D eigenvalue weighted by atomic mass is 15.1. The molecule has 2 aromatic rings. The lowest BCUT2D eigenvalue weighted by Gasteiger charge is -2.09. The minimum atomic E-state index is 0.761. The Morgan fingerprint density at radius 3 is 2.43 bits per heavy atom. The number of unbranched alkanes of at least 4 members (excludes halogenated alkanes) is 1. The van der Waals surface area contributed by atoms with Gasteiger partial charge in [-0.15, -0.1) is 0 Å². The molecule has 2 rings (SSSR count). The first-order valence-electron chi connectivity index (χ1n) is 7.73. The van der Waals surface area contributed by atoms with Crippen molar-refractivity contribution in [3.63, 3.8) is 0 Å². The Bertz CT molecular complexity index is 537. The number of nitrogens with one attached hydrogen (secondary N) is 2. The van der Waals surface area contributed by atoms with Gasteiger partial charge < -0.3 is 10.6 Å². The second-order valence-electron chi connectivity index (χ2n) is 5.14. The molecule has 0 bridgehead atoms. The van der Waals surface area contributed by atoms with E-state index in [1.54, 1.807) is 12.4 Å². The van der Waals surface area contributed by atoms with Crippen molar-refractivity contribution >= 4 is 17.3 Å². The number of aryl methyl sites for hydroxylation is 1. The summed E-state index contributed by atoms with van der Waals surface area (Å²) in [5, 5.41) is 6.53. The summed E-state index contributed by atoms with van der Waals surface area (Å²) in [7, 11) is 0. The SMILES string of the molecule is CCCCc1ccc(Nc2cncc(NCCC)n2)cc1. The first-order chi connectivity index (χ1) is 10.3. The molecule has 21 heavy (non-hydrogen) atoms. The van der Waals surface area contributed by atoms with Gasteiger partial charge in [0.1, 0.15) is 5.82 Å². The average Bonchev–Trinajstić information content (AvgIpc) is 2.53. The van der Waals surface area contributed by atoms with Gasteiger partial charge >= 0.3 is 0 Å². The number of benzene rings is 1. The van der Waals surface area contributed by atoms with Crippen LogP contribution in [-0.2, 0) is 6.42 Å². The van der Waals surface area contributed by atoms with Gasteiger partial charge in [-0.3, -0.25) is 4.98 Å². The van der Waals surface area contributed by atoms with E-state index in [4.69, 9.17) is 0 Å². The molecule has 0 saturated carbocycles. The van der Waals surface area contributed by atoms with Gasteiger partial charge in [-0.1, -0.05) is 32.4 Å². The number of rotatable bonds is 8. The standard InChI is InChI=1S/C17H24N4/c1-3-5-6-14-7-9-15(10-8-14)20-17-13-18-12-16(21-17)19-11-4-2/h7-10,12-13H,3-6,11H2,1-2H3,(H2,19,20,21). The maximum atomic E-state index is 4.49. The number of anilines is 3. The number of aromatic nitrogens is 2. The fourth-order valence-corrected chi connectivity index (χ4v) is 2.05. The smallest absolute Gasteiger partial charge is 0.151 e. The van der Waals surface area contributed by atoms with Gasteiger partial charge in [0.25, 0.3) is 0 Å². The maximum Gasteiger partial charge on any atom is 0.151 e. The van der Waals surface area contributed by atoms with Crippen LogP contribution in [0, 0.1) is 0 Å². The van der Waals surface area contributed by atoms with Gasteiger partial charge in [-0.2, -0.15) is 0 Å². The molecule has 0 unspecified atom stereocenters. The normalized spacial score (nSPS) is 10.4. The van der Waals surface area contributed by atoms with Crippen LogP contribution in [0.3, 0.4) is 0 Å². The lowest BCUT2D eigenvalue weighted by Crippen LogP contribution is -2.04. The molecule has 0 spiro atoms. The highest BCUT2D eigenvalue weighted by Crippen LogP contribution is 2.17. The topological polar surface area (TPSA) is 49.8 Å². The van der Waals surface area contributed by atoms with E-state index < -0.39 is 0 Å². The van der Waals surface area contributed by atoms with Crippen LogP contribution in [0.4, 0.5) is 17.3 Å². The van der Waals surface area contributed by atoms with Crippen LogP contribution in [0.15, 0.2) is 36.7 Å². The van der Waals surface area contributed by atoms with E-state index >= 15 is 0 Å². The summed E-state index contributed by atoms with van der Waals surface area (Å²) in [4.78, 5) is 8.70. The Morgan fingerprint density at radius 1 is 0.952 bits per heavy atom. The van der Waals surface area contributed by atoms with E-state index in [0.29, 0.717) is 0 Å². The first-order valence-corrected chi connectivity index (χ1v) is 7.73. The molecular weight excluding hydrogens is 260 g/mol. The van der Waals surface area contributed by atoms with Gasteiger partial charge in [-0.25, -0.2) is 4.98 Å². The van der Waals surface area contributed by atoms with Crippen molar-refractivity contribution in [2.45, 2.75) is 39.5 Å². The molecule has 1 aromatic carbocycles. The molecule has 4 heteroatoms. The van der Waals surface area contributed by atoms with Crippen LogP contribution >= 0.6 is 0 Å². The molecule has 1 heterocycles.